The van der Waals surface area contributed by atoms with E-state index in [0.29, 0.717) is 13.1 Å². The Bertz CT molecular complexity index is 481. The number of amides is 1. The molecule has 0 aliphatic carbocycles. The lowest BCUT2D eigenvalue weighted by Crippen LogP contribution is -2.24. The monoisotopic (exact) mass is 253 g/mol. The molecule has 1 fully saturated rings. The van der Waals surface area contributed by atoms with Crippen LogP contribution >= 0.6 is 0 Å². The van der Waals surface area contributed by atoms with Gasteiger partial charge in [-0.3, -0.25) is 0 Å². The van der Waals surface area contributed by atoms with E-state index >= 15 is 0 Å². The van der Waals surface area contributed by atoms with Gasteiger partial charge in [0.15, 0.2) is 0 Å². The number of nitroso groups, excluding NO2 is 1. The van der Waals surface area contributed by atoms with Crippen LogP contribution in [0.25, 0.3) is 0 Å². The molecule has 1 aromatic carbocycles. The Balaban J connectivity index is 1.94. The van der Waals surface area contributed by atoms with Crippen LogP contribution in [0.3, 0.4) is 0 Å². The maximum absolute atomic E-state index is 13.5. The second-order valence-electron chi connectivity index (χ2n) is 4.02. The third kappa shape index (κ3) is 2.55. The zero-order valence-electron chi connectivity index (χ0n) is 9.72. The Labute approximate surface area is 103 Å². The number of ether oxygens (including phenoxy) is 1. The van der Waals surface area contributed by atoms with Crippen molar-refractivity contribution >= 4 is 17.5 Å². The molecule has 1 saturated heterocycles. The number of benzene rings is 1. The van der Waals surface area contributed by atoms with Gasteiger partial charge in [-0.1, -0.05) is 0 Å². The molecular formula is C11H12FN3O3. The molecule has 0 bridgehead atoms. The number of anilines is 1. The molecule has 1 atom stereocenters. The molecule has 0 radical (unpaired) electrons. The van der Waals surface area contributed by atoms with E-state index in [1.165, 1.54) is 17.0 Å². The van der Waals surface area contributed by atoms with Crippen molar-refractivity contribution in [2.45, 2.75) is 6.10 Å². The average molecular weight is 253 g/mol. The predicted molar refractivity (Wildman–Crippen MR) is 63.2 cm³/mol. The van der Waals surface area contributed by atoms with E-state index in [1.807, 2.05) is 0 Å². The number of halogens is 1. The number of hydrogen-bond donors (Lipinski definition) is 1. The van der Waals surface area contributed by atoms with Gasteiger partial charge >= 0.3 is 6.09 Å². The highest BCUT2D eigenvalue weighted by atomic mass is 19.1. The van der Waals surface area contributed by atoms with Gasteiger partial charge < -0.3 is 15.0 Å². The Morgan fingerprint density at radius 3 is 2.94 bits per heavy atom. The largest absolute Gasteiger partial charge is 0.442 e. The van der Waals surface area contributed by atoms with Crippen LogP contribution in [0.4, 0.5) is 20.6 Å². The van der Waals surface area contributed by atoms with Gasteiger partial charge in [-0.05, 0) is 17.3 Å². The van der Waals surface area contributed by atoms with Gasteiger partial charge in [-0.2, -0.15) is 0 Å². The molecule has 1 heterocycles. The minimum Gasteiger partial charge on any atom is -0.442 e. The molecule has 18 heavy (non-hydrogen) atoms. The zero-order valence-corrected chi connectivity index (χ0v) is 9.72. The molecule has 1 aliphatic heterocycles. The van der Waals surface area contributed by atoms with Crippen molar-refractivity contribution in [1.29, 1.82) is 0 Å². The van der Waals surface area contributed by atoms with Crippen molar-refractivity contribution in [1.82, 2.24) is 4.90 Å². The Hall–Kier alpha value is -2.18. The highest BCUT2D eigenvalue weighted by Gasteiger charge is 2.27. The first-order chi connectivity index (χ1) is 8.60. The van der Waals surface area contributed by atoms with E-state index in [9.17, 15) is 14.1 Å². The third-order valence-electron chi connectivity index (χ3n) is 2.63. The summed E-state index contributed by atoms with van der Waals surface area (Å²) in [6, 6.07) is 3.87. The second-order valence-corrected chi connectivity index (χ2v) is 4.02. The number of carbonyl (C=O) groups is 1. The van der Waals surface area contributed by atoms with E-state index in [4.69, 9.17) is 4.74 Å². The number of nitrogens with zero attached hydrogens (tertiary/aromatic N) is 2. The Morgan fingerprint density at radius 1 is 1.61 bits per heavy atom. The topological polar surface area (TPSA) is 71.0 Å². The minimum absolute atomic E-state index is 0.0325. The van der Waals surface area contributed by atoms with Gasteiger partial charge in [0, 0.05) is 13.1 Å². The molecule has 6 nitrogen and oxygen atoms in total. The van der Waals surface area contributed by atoms with Crippen LogP contribution < -0.4 is 5.32 Å². The number of likely N-dealkylation sites (N-methyl/N-ethyl adjacent to an activating group) is 1. The van der Waals surface area contributed by atoms with Gasteiger partial charge in [-0.25, -0.2) is 9.18 Å². The summed E-state index contributed by atoms with van der Waals surface area (Å²) in [5.74, 6) is -0.565. The first-order valence-corrected chi connectivity index (χ1v) is 5.38. The highest BCUT2D eigenvalue weighted by Crippen LogP contribution is 2.21. The fourth-order valence-electron chi connectivity index (χ4n) is 1.68. The van der Waals surface area contributed by atoms with Crippen LogP contribution in [-0.4, -0.2) is 37.2 Å². The summed E-state index contributed by atoms with van der Waals surface area (Å²) in [6.07, 6.45) is -0.700. The second kappa shape index (κ2) is 4.99. The molecule has 7 heteroatoms. The number of rotatable bonds is 4. The first kappa shape index (κ1) is 12.3. The SMILES string of the molecule is CN1C[C@H](CNc2ccc(N=O)cc2F)OC1=O. The molecule has 0 saturated carbocycles. The van der Waals surface area contributed by atoms with E-state index in [2.05, 4.69) is 10.5 Å². The van der Waals surface area contributed by atoms with Crippen LogP contribution in [0.5, 0.6) is 0 Å². The van der Waals surface area contributed by atoms with Crippen molar-refractivity contribution in [3.63, 3.8) is 0 Å². The van der Waals surface area contributed by atoms with Crippen molar-refractivity contribution < 1.29 is 13.9 Å². The zero-order chi connectivity index (χ0) is 13.1. The molecule has 1 amide bonds. The minimum atomic E-state index is -0.565. The van der Waals surface area contributed by atoms with Crippen molar-refractivity contribution in [2.24, 2.45) is 5.18 Å². The van der Waals surface area contributed by atoms with Gasteiger partial charge in [0.25, 0.3) is 0 Å². The average Bonchev–Trinajstić information content (AvgIpc) is 2.67. The lowest BCUT2D eigenvalue weighted by Gasteiger charge is -2.11. The Kier molecular flexibility index (Phi) is 3.40. The molecule has 2 rings (SSSR count). The standard InChI is InChI=1S/C11H12FN3O3/c1-15-6-8(18-11(15)16)5-13-10-3-2-7(14-17)4-9(10)12/h2-4,8,13H,5-6H2,1H3/t8-/m0/s1. The molecule has 1 N–H and O–H groups in total. The quantitative estimate of drug-likeness (QED) is 0.834. The number of hydrogen-bond acceptors (Lipinski definition) is 5. The summed E-state index contributed by atoms with van der Waals surface area (Å²) in [7, 11) is 1.63. The molecule has 1 aliphatic rings. The van der Waals surface area contributed by atoms with E-state index in [0.717, 1.165) is 6.07 Å². The summed E-state index contributed by atoms with van der Waals surface area (Å²) >= 11 is 0. The lowest BCUT2D eigenvalue weighted by molar-refractivity contribution is 0.138. The molecular weight excluding hydrogens is 241 g/mol. The molecule has 1 aromatic rings. The lowest BCUT2D eigenvalue weighted by atomic mass is 10.2. The number of cyclic esters (lactones) is 1. The summed E-state index contributed by atoms with van der Waals surface area (Å²) in [6.45, 7) is 0.766. The van der Waals surface area contributed by atoms with Crippen molar-refractivity contribution in [3.05, 3.63) is 28.9 Å². The number of carbonyl (C=O) groups excluding carboxylic acids is 1. The maximum atomic E-state index is 13.5. The summed E-state index contributed by atoms with van der Waals surface area (Å²) < 4.78 is 18.5. The van der Waals surface area contributed by atoms with Crippen LogP contribution in [0.1, 0.15) is 0 Å². The molecule has 0 aromatic heterocycles. The van der Waals surface area contributed by atoms with Gasteiger partial charge in [0.05, 0.1) is 18.8 Å². The summed E-state index contributed by atoms with van der Waals surface area (Å²) in [5.41, 5.74) is 0.276. The normalized spacial score (nSPS) is 18.7. The molecule has 0 spiro atoms. The number of nitrogens with one attached hydrogen (secondary N) is 1. The fourth-order valence-corrected chi connectivity index (χ4v) is 1.68. The van der Waals surface area contributed by atoms with E-state index in [1.54, 1.807) is 7.05 Å². The fraction of sp³-hybridized carbons (Fsp3) is 0.364. The third-order valence-corrected chi connectivity index (χ3v) is 2.63. The van der Waals surface area contributed by atoms with E-state index in [-0.39, 0.29) is 23.6 Å². The van der Waals surface area contributed by atoms with Crippen molar-refractivity contribution in [3.8, 4) is 0 Å². The highest BCUT2D eigenvalue weighted by molar-refractivity contribution is 5.69. The smallest absolute Gasteiger partial charge is 0.410 e. The van der Waals surface area contributed by atoms with E-state index < -0.39 is 5.82 Å². The summed E-state index contributed by atoms with van der Waals surface area (Å²) in [4.78, 5) is 22.8. The van der Waals surface area contributed by atoms with Crippen LogP contribution in [0, 0.1) is 10.7 Å². The van der Waals surface area contributed by atoms with Crippen LogP contribution in [0.2, 0.25) is 0 Å². The van der Waals surface area contributed by atoms with Gasteiger partial charge in [-0.15, -0.1) is 4.91 Å². The van der Waals surface area contributed by atoms with Crippen LogP contribution in [-0.2, 0) is 4.74 Å². The predicted octanol–water partition coefficient (Wildman–Crippen LogP) is 2.09. The summed E-state index contributed by atoms with van der Waals surface area (Å²) in [5, 5.41) is 5.46. The Morgan fingerprint density at radius 2 is 2.39 bits per heavy atom. The van der Waals surface area contributed by atoms with Gasteiger partial charge in [0.2, 0.25) is 0 Å². The van der Waals surface area contributed by atoms with Gasteiger partial charge in [0.1, 0.15) is 17.6 Å². The molecule has 0 unspecified atom stereocenters. The maximum Gasteiger partial charge on any atom is 0.410 e. The first-order valence-electron chi connectivity index (χ1n) is 5.38. The molecule has 96 valence electrons. The van der Waals surface area contributed by atoms with Crippen molar-refractivity contribution in [2.75, 3.05) is 25.5 Å². The van der Waals surface area contributed by atoms with Crippen LogP contribution in [0.15, 0.2) is 23.4 Å².